The highest BCUT2D eigenvalue weighted by atomic mass is 16.5. The number of ether oxygens (including phenoxy) is 2. The summed E-state index contributed by atoms with van der Waals surface area (Å²) in [5, 5.41) is 0. The maximum Gasteiger partial charge on any atom is 0.341 e. The molecule has 0 saturated carbocycles. The summed E-state index contributed by atoms with van der Waals surface area (Å²) in [4.78, 5) is 19.8. The van der Waals surface area contributed by atoms with Crippen LogP contribution >= 0.6 is 0 Å². The second-order valence-electron chi connectivity index (χ2n) is 4.52. The Hall–Kier alpha value is -2.63. The number of anilines is 1. The number of nitrogens with two attached hydrogens (primary N) is 1. The normalized spacial score (nSPS) is 10.2. The van der Waals surface area contributed by atoms with Crippen molar-refractivity contribution in [3.8, 4) is 11.8 Å². The number of aromatic nitrogens is 2. The zero-order chi connectivity index (χ0) is 15.4. The van der Waals surface area contributed by atoms with Gasteiger partial charge in [0.1, 0.15) is 0 Å². The molecule has 0 amide bonds. The van der Waals surface area contributed by atoms with Crippen LogP contribution in [0.5, 0.6) is 11.8 Å². The van der Waals surface area contributed by atoms with E-state index < -0.39 is 5.97 Å². The van der Waals surface area contributed by atoms with Crippen LogP contribution in [0.2, 0.25) is 0 Å². The number of carbonyl (C=O) groups excluding carboxylic acids is 1. The van der Waals surface area contributed by atoms with Crippen molar-refractivity contribution in [3.05, 3.63) is 41.2 Å². The number of rotatable bonds is 4. The van der Waals surface area contributed by atoms with Gasteiger partial charge in [-0.15, -0.1) is 0 Å². The molecule has 1 aromatic heterocycles. The first-order valence-electron chi connectivity index (χ1n) is 6.56. The summed E-state index contributed by atoms with van der Waals surface area (Å²) >= 11 is 0. The fourth-order valence-corrected chi connectivity index (χ4v) is 1.73. The Morgan fingerprint density at radius 1 is 1.33 bits per heavy atom. The molecule has 2 N–H and O–H groups in total. The molecule has 0 radical (unpaired) electrons. The lowest BCUT2D eigenvalue weighted by Gasteiger charge is -2.09. The molecule has 0 unspecified atom stereocenters. The van der Waals surface area contributed by atoms with Gasteiger partial charge in [-0.05, 0) is 38.5 Å². The molecule has 0 saturated heterocycles. The Labute approximate surface area is 122 Å². The quantitative estimate of drug-likeness (QED) is 0.687. The largest absolute Gasteiger partial charge is 0.462 e. The van der Waals surface area contributed by atoms with Gasteiger partial charge in [-0.3, -0.25) is 0 Å². The van der Waals surface area contributed by atoms with Gasteiger partial charge >= 0.3 is 12.0 Å². The van der Waals surface area contributed by atoms with Gasteiger partial charge < -0.3 is 15.2 Å². The number of carbonyl (C=O) groups is 1. The van der Waals surface area contributed by atoms with Crippen LogP contribution in [0.4, 0.5) is 5.69 Å². The van der Waals surface area contributed by atoms with Crippen molar-refractivity contribution in [2.24, 2.45) is 0 Å². The van der Waals surface area contributed by atoms with E-state index in [1.165, 1.54) is 6.20 Å². The first kappa shape index (κ1) is 14.8. The zero-order valence-electron chi connectivity index (χ0n) is 12.2. The fourth-order valence-electron chi connectivity index (χ4n) is 1.73. The van der Waals surface area contributed by atoms with Crippen molar-refractivity contribution < 1.29 is 14.3 Å². The highest BCUT2D eigenvalue weighted by molar-refractivity contribution is 5.90. The number of hydrogen-bond acceptors (Lipinski definition) is 6. The molecule has 0 aliphatic heterocycles. The van der Waals surface area contributed by atoms with E-state index in [2.05, 4.69) is 9.97 Å². The van der Waals surface area contributed by atoms with E-state index in [-0.39, 0.29) is 6.01 Å². The van der Waals surface area contributed by atoms with Crippen LogP contribution in [0, 0.1) is 13.8 Å². The number of aryl methyl sites for hydroxylation is 2. The molecular weight excluding hydrogens is 270 g/mol. The Kier molecular flexibility index (Phi) is 4.37. The summed E-state index contributed by atoms with van der Waals surface area (Å²) in [6, 6.07) is 5.58. The average Bonchev–Trinajstić information content (AvgIpc) is 2.43. The molecule has 0 atom stereocenters. The average molecular weight is 287 g/mol. The van der Waals surface area contributed by atoms with Crippen LogP contribution in [0.25, 0.3) is 0 Å². The SMILES string of the molecule is CCOC(=O)c1cnc(Oc2cc(C)ccc2N)nc1C. The van der Waals surface area contributed by atoms with Gasteiger partial charge in [0.15, 0.2) is 5.75 Å². The van der Waals surface area contributed by atoms with Gasteiger partial charge in [-0.2, -0.15) is 4.98 Å². The monoisotopic (exact) mass is 287 g/mol. The van der Waals surface area contributed by atoms with Crippen LogP contribution in [0.15, 0.2) is 24.4 Å². The predicted molar refractivity (Wildman–Crippen MR) is 78.4 cm³/mol. The summed E-state index contributed by atoms with van der Waals surface area (Å²) in [6.07, 6.45) is 1.39. The molecule has 6 heteroatoms. The van der Waals surface area contributed by atoms with E-state index in [1.807, 2.05) is 13.0 Å². The molecule has 0 aliphatic carbocycles. The highest BCUT2D eigenvalue weighted by Crippen LogP contribution is 2.26. The highest BCUT2D eigenvalue weighted by Gasteiger charge is 2.14. The van der Waals surface area contributed by atoms with Gasteiger partial charge in [-0.25, -0.2) is 9.78 Å². The first-order chi connectivity index (χ1) is 10.0. The van der Waals surface area contributed by atoms with Crippen molar-refractivity contribution >= 4 is 11.7 Å². The third kappa shape index (κ3) is 3.47. The Balaban J connectivity index is 2.24. The molecule has 1 heterocycles. The summed E-state index contributed by atoms with van der Waals surface area (Å²) < 4.78 is 10.5. The van der Waals surface area contributed by atoms with Gasteiger partial charge in [0.2, 0.25) is 0 Å². The molecule has 0 aliphatic rings. The van der Waals surface area contributed by atoms with Crippen LogP contribution in [0.3, 0.4) is 0 Å². The molecule has 110 valence electrons. The second-order valence-corrected chi connectivity index (χ2v) is 4.52. The van der Waals surface area contributed by atoms with E-state index in [1.54, 1.807) is 26.0 Å². The number of nitrogen functional groups attached to an aromatic ring is 1. The van der Waals surface area contributed by atoms with Gasteiger partial charge in [0.05, 0.1) is 23.6 Å². The molecule has 6 nitrogen and oxygen atoms in total. The third-order valence-electron chi connectivity index (χ3n) is 2.82. The van der Waals surface area contributed by atoms with E-state index in [4.69, 9.17) is 15.2 Å². The second kappa shape index (κ2) is 6.21. The Morgan fingerprint density at radius 3 is 2.76 bits per heavy atom. The van der Waals surface area contributed by atoms with E-state index in [0.717, 1.165) is 5.56 Å². The smallest absolute Gasteiger partial charge is 0.341 e. The molecule has 2 rings (SSSR count). The van der Waals surface area contributed by atoms with Crippen molar-refractivity contribution in [1.82, 2.24) is 9.97 Å². The Bertz CT molecular complexity index is 671. The Morgan fingerprint density at radius 2 is 2.10 bits per heavy atom. The lowest BCUT2D eigenvalue weighted by atomic mass is 10.2. The van der Waals surface area contributed by atoms with Crippen LogP contribution < -0.4 is 10.5 Å². The maximum absolute atomic E-state index is 11.7. The van der Waals surface area contributed by atoms with Gasteiger partial charge in [0.25, 0.3) is 0 Å². The van der Waals surface area contributed by atoms with Gasteiger partial charge in [-0.1, -0.05) is 6.07 Å². The van der Waals surface area contributed by atoms with Crippen molar-refractivity contribution in [3.63, 3.8) is 0 Å². The summed E-state index contributed by atoms with van der Waals surface area (Å²) in [6.45, 7) is 5.67. The van der Waals surface area contributed by atoms with Crippen LogP contribution in [0.1, 0.15) is 28.5 Å². The summed E-state index contributed by atoms with van der Waals surface area (Å²) in [7, 11) is 0. The molecular formula is C15H17N3O3. The maximum atomic E-state index is 11.7. The topological polar surface area (TPSA) is 87.3 Å². The molecule has 21 heavy (non-hydrogen) atoms. The lowest BCUT2D eigenvalue weighted by Crippen LogP contribution is -2.09. The number of hydrogen-bond donors (Lipinski definition) is 1. The minimum atomic E-state index is -0.448. The van der Waals surface area contributed by atoms with Crippen LogP contribution in [-0.4, -0.2) is 22.5 Å². The van der Waals surface area contributed by atoms with Crippen molar-refractivity contribution in [1.29, 1.82) is 0 Å². The van der Waals surface area contributed by atoms with E-state index in [0.29, 0.717) is 29.3 Å². The summed E-state index contributed by atoms with van der Waals surface area (Å²) in [5.41, 5.74) is 8.16. The van der Waals surface area contributed by atoms with E-state index in [9.17, 15) is 4.79 Å². The summed E-state index contributed by atoms with van der Waals surface area (Å²) in [5.74, 6) is 0.0369. The number of benzene rings is 1. The predicted octanol–water partition coefficient (Wildman–Crippen LogP) is 2.64. The lowest BCUT2D eigenvalue weighted by molar-refractivity contribution is 0.0524. The number of nitrogens with zero attached hydrogens (tertiary/aromatic N) is 2. The number of esters is 1. The van der Waals surface area contributed by atoms with E-state index >= 15 is 0 Å². The minimum Gasteiger partial charge on any atom is -0.462 e. The minimum absolute atomic E-state index is 0.137. The molecule has 2 aromatic rings. The standard InChI is InChI=1S/C15H17N3O3/c1-4-20-14(19)11-8-17-15(18-10(11)3)21-13-7-9(2)5-6-12(13)16/h5-8H,4,16H2,1-3H3. The molecule has 0 spiro atoms. The van der Waals surface area contributed by atoms with Crippen LogP contribution in [-0.2, 0) is 4.74 Å². The zero-order valence-corrected chi connectivity index (χ0v) is 12.2. The third-order valence-corrected chi connectivity index (χ3v) is 2.82. The fraction of sp³-hybridized carbons (Fsp3) is 0.267. The molecule has 1 aromatic carbocycles. The van der Waals surface area contributed by atoms with Gasteiger partial charge in [0, 0.05) is 6.20 Å². The van der Waals surface area contributed by atoms with Crippen molar-refractivity contribution in [2.45, 2.75) is 20.8 Å². The first-order valence-corrected chi connectivity index (χ1v) is 6.56. The molecule has 0 bridgehead atoms. The van der Waals surface area contributed by atoms with Crippen molar-refractivity contribution in [2.75, 3.05) is 12.3 Å². The molecule has 0 fully saturated rings.